The Morgan fingerprint density at radius 1 is 1.07 bits per heavy atom. The molecule has 1 unspecified atom stereocenters. The summed E-state index contributed by atoms with van der Waals surface area (Å²) in [5.41, 5.74) is -0.136. The van der Waals surface area contributed by atoms with Crippen molar-refractivity contribution in [2.24, 2.45) is 0 Å². The van der Waals surface area contributed by atoms with Crippen LogP contribution < -0.4 is 0 Å². The molecule has 1 fully saturated rings. The van der Waals surface area contributed by atoms with Gasteiger partial charge in [0.2, 0.25) is 10.0 Å². The summed E-state index contributed by atoms with van der Waals surface area (Å²) in [4.78, 5) is 12.0. The number of hydrogen-bond acceptors (Lipinski definition) is 5. The molecule has 150 valence electrons. The molecule has 2 aromatic rings. The van der Waals surface area contributed by atoms with Gasteiger partial charge in [-0.1, -0.05) is 18.2 Å². The van der Waals surface area contributed by atoms with Crippen molar-refractivity contribution in [3.8, 4) is 0 Å². The third kappa shape index (κ3) is 3.89. The van der Waals surface area contributed by atoms with E-state index >= 15 is 0 Å². The fourth-order valence-electron chi connectivity index (χ4n) is 3.33. The first-order valence-corrected chi connectivity index (χ1v) is 10.1. The molecule has 0 saturated carbocycles. The van der Waals surface area contributed by atoms with Crippen LogP contribution in [0.3, 0.4) is 0 Å². The summed E-state index contributed by atoms with van der Waals surface area (Å²) in [6.45, 7) is 2.63. The highest BCUT2D eigenvalue weighted by molar-refractivity contribution is 7.89. The van der Waals surface area contributed by atoms with E-state index in [-0.39, 0.29) is 24.0 Å². The second kappa shape index (κ2) is 7.90. The topological polar surface area (TPSA) is 83.8 Å². The minimum absolute atomic E-state index is 0.113. The molecule has 10 heteroatoms. The minimum Gasteiger partial charge on any atom is -0.294 e. The number of nitro benzene ring substituents is 1. The van der Waals surface area contributed by atoms with Crippen molar-refractivity contribution in [1.82, 2.24) is 9.21 Å². The molecule has 1 aliphatic heterocycles. The number of para-hydroxylation sites is 1. The Hall–Kier alpha value is -2.43. The van der Waals surface area contributed by atoms with Crippen LogP contribution in [0, 0.1) is 21.7 Å². The van der Waals surface area contributed by atoms with E-state index < -0.39 is 32.3 Å². The van der Waals surface area contributed by atoms with Gasteiger partial charge in [0, 0.05) is 49.9 Å². The molecule has 0 bridgehead atoms. The number of rotatable bonds is 5. The lowest BCUT2D eigenvalue weighted by Crippen LogP contribution is -2.49. The average molecular weight is 411 g/mol. The summed E-state index contributed by atoms with van der Waals surface area (Å²) < 4.78 is 54.0. The molecule has 1 aliphatic rings. The zero-order valence-electron chi connectivity index (χ0n) is 15.1. The quantitative estimate of drug-likeness (QED) is 0.558. The molecular formula is C18H19F2N3O4S. The normalized spacial score (nSPS) is 17.4. The van der Waals surface area contributed by atoms with Gasteiger partial charge in [-0.25, -0.2) is 17.2 Å². The Labute approximate surface area is 161 Å². The van der Waals surface area contributed by atoms with E-state index in [2.05, 4.69) is 0 Å². The zero-order chi connectivity index (χ0) is 20.5. The van der Waals surface area contributed by atoms with Crippen LogP contribution in [0.1, 0.15) is 18.5 Å². The zero-order valence-corrected chi connectivity index (χ0v) is 15.9. The van der Waals surface area contributed by atoms with Gasteiger partial charge >= 0.3 is 0 Å². The van der Waals surface area contributed by atoms with Crippen LogP contribution in [0.5, 0.6) is 0 Å². The standard InChI is InChI=1S/C18H19F2N3O4S/c1-13(15-7-6-14(19)12-16(15)20)21-8-10-22(11-9-21)28(26,27)18-5-3-2-4-17(18)23(24)25/h2-7,12-13H,8-11H2,1H3. The number of nitro groups is 1. The molecule has 0 radical (unpaired) electrons. The second-order valence-corrected chi connectivity index (χ2v) is 8.41. The van der Waals surface area contributed by atoms with Gasteiger partial charge in [-0.3, -0.25) is 15.0 Å². The second-order valence-electron chi connectivity index (χ2n) is 6.51. The molecule has 3 rings (SSSR count). The highest BCUT2D eigenvalue weighted by Gasteiger charge is 2.34. The third-order valence-electron chi connectivity index (χ3n) is 4.91. The van der Waals surface area contributed by atoms with Crippen LogP contribution in [-0.2, 0) is 10.0 Å². The lowest BCUT2D eigenvalue weighted by atomic mass is 10.1. The maximum Gasteiger partial charge on any atom is 0.289 e. The van der Waals surface area contributed by atoms with Crippen molar-refractivity contribution in [2.75, 3.05) is 26.2 Å². The number of nitrogens with zero attached hydrogens (tertiary/aromatic N) is 3. The van der Waals surface area contributed by atoms with Gasteiger partial charge in [-0.2, -0.15) is 4.31 Å². The van der Waals surface area contributed by atoms with E-state index in [1.807, 2.05) is 4.90 Å². The van der Waals surface area contributed by atoms with Gasteiger partial charge in [0.25, 0.3) is 5.69 Å². The van der Waals surface area contributed by atoms with E-state index in [0.717, 1.165) is 12.1 Å². The maximum absolute atomic E-state index is 14.0. The van der Waals surface area contributed by atoms with Crippen molar-refractivity contribution >= 4 is 15.7 Å². The molecule has 0 aromatic heterocycles. The Morgan fingerprint density at radius 2 is 1.71 bits per heavy atom. The van der Waals surface area contributed by atoms with E-state index in [1.165, 1.54) is 34.6 Å². The minimum atomic E-state index is -4.02. The molecule has 0 aliphatic carbocycles. The summed E-state index contributed by atoms with van der Waals surface area (Å²) in [6, 6.07) is 8.25. The Bertz CT molecular complexity index is 992. The van der Waals surface area contributed by atoms with E-state index in [1.54, 1.807) is 6.92 Å². The molecule has 2 aromatic carbocycles. The number of hydrogen-bond donors (Lipinski definition) is 0. The Kier molecular flexibility index (Phi) is 5.73. The molecule has 0 spiro atoms. The van der Waals surface area contributed by atoms with Crippen LogP contribution in [0.15, 0.2) is 47.4 Å². The Balaban J connectivity index is 1.75. The molecule has 1 heterocycles. The van der Waals surface area contributed by atoms with Crippen molar-refractivity contribution in [3.05, 3.63) is 69.8 Å². The molecular weight excluding hydrogens is 392 g/mol. The first-order valence-electron chi connectivity index (χ1n) is 8.64. The fourth-order valence-corrected chi connectivity index (χ4v) is 4.91. The molecule has 7 nitrogen and oxygen atoms in total. The third-order valence-corrected chi connectivity index (χ3v) is 6.86. The molecule has 1 saturated heterocycles. The molecule has 0 N–H and O–H groups in total. The largest absolute Gasteiger partial charge is 0.294 e. The lowest BCUT2D eigenvalue weighted by Gasteiger charge is -2.37. The summed E-state index contributed by atoms with van der Waals surface area (Å²) in [6.07, 6.45) is 0. The van der Waals surface area contributed by atoms with Gasteiger partial charge in [0.05, 0.1) is 4.92 Å². The van der Waals surface area contributed by atoms with Gasteiger partial charge < -0.3 is 0 Å². The van der Waals surface area contributed by atoms with Gasteiger partial charge in [0.15, 0.2) is 4.90 Å². The van der Waals surface area contributed by atoms with E-state index in [4.69, 9.17) is 0 Å². The average Bonchev–Trinajstić information content (AvgIpc) is 2.67. The van der Waals surface area contributed by atoms with Gasteiger partial charge in [-0.05, 0) is 19.1 Å². The van der Waals surface area contributed by atoms with Crippen molar-refractivity contribution in [3.63, 3.8) is 0 Å². The number of halogens is 2. The maximum atomic E-state index is 14.0. The van der Waals surface area contributed by atoms with Crippen LogP contribution >= 0.6 is 0 Å². The predicted molar refractivity (Wildman–Crippen MR) is 98.2 cm³/mol. The van der Waals surface area contributed by atoms with Crippen LogP contribution in [0.4, 0.5) is 14.5 Å². The number of benzene rings is 2. The van der Waals surface area contributed by atoms with E-state index in [9.17, 15) is 27.3 Å². The molecule has 1 atom stereocenters. The smallest absolute Gasteiger partial charge is 0.289 e. The SMILES string of the molecule is CC(c1ccc(F)cc1F)N1CCN(S(=O)(=O)c2ccccc2[N+](=O)[O-])CC1. The highest BCUT2D eigenvalue weighted by Crippen LogP contribution is 2.29. The summed E-state index contributed by atoms with van der Waals surface area (Å²) in [5, 5.41) is 11.2. The molecule has 0 amide bonds. The van der Waals surface area contributed by atoms with Crippen LogP contribution in [0.25, 0.3) is 0 Å². The van der Waals surface area contributed by atoms with Crippen molar-refractivity contribution in [1.29, 1.82) is 0 Å². The van der Waals surface area contributed by atoms with Crippen LogP contribution in [-0.4, -0.2) is 48.7 Å². The van der Waals surface area contributed by atoms with Gasteiger partial charge in [-0.15, -0.1) is 0 Å². The molecule has 28 heavy (non-hydrogen) atoms. The number of piperazine rings is 1. The first-order chi connectivity index (χ1) is 13.2. The summed E-state index contributed by atoms with van der Waals surface area (Å²) >= 11 is 0. The van der Waals surface area contributed by atoms with Crippen LogP contribution in [0.2, 0.25) is 0 Å². The fraction of sp³-hybridized carbons (Fsp3) is 0.333. The monoisotopic (exact) mass is 411 g/mol. The van der Waals surface area contributed by atoms with Crippen molar-refractivity contribution < 1.29 is 22.1 Å². The number of sulfonamides is 1. The summed E-state index contributed by atoms with van der Waals surface area (Å²) in [7, 11) is -4.02. The van der Waals surface area contributed by atoms with Gasteiger partial charge in [0.1, 0.15) is 11.6 Å². The predicted octanol–water partition coefficient (Wildman–Crippen LogP) is 2.94. The highest BCUT2D eigenvalue weighted by atomic mass is 32.2. The van der Waals surface area contributed by atoms with E-state index in [0.29, 0.717) is 18.7 Å². The Morgan fingerprint density at radius 3 is 2.32 bits per heavy atom. The summed E-state index contributed by atoms with van der Waals surface area (Å²) in [5.74, 6) is -1.31. The first kappa shape index (κ1) is 20.3. The van der Waals surface area contributed by atoms with Crippen molar-refractivity contribution in [2.45, 2.75) is 17.9 Å². The lowest BCUT2D eigenvalue weighted by molar-refractivity contribution is -0.387.